The second kappa shape index (κ2) is 12.6. The fourth-order valence-electron chi connectivity index (χ4n) is 8.48. The van der Waals surface area contributed by atoms with Gasteiger partial charge in [0.2, 0.25) is 14.3 Å². The first-order valence-corrected chi connectivity index (χ1v) is 19.8. The Labute approximate surface area is 286 Å². The summed E-state index contributed by atoms with van der Waals surface area (Å²) < 4.78 is 34.0. The van der Waals surface area contributed by atoms with Crippen LogP contribution in [0, 0.1) is 5.92 Å². The van der Waals surface area contributed by atoms with Gasteiger partial charge >= 0.3 is 6.09 Å². The Balaban J connectivity index is 1.23. The summed E-state index contributed by atoms with van der Waals surface area (Å²) in [4.78, 5) is 46.1. The van der Waals surface area contributed by atoms with Gasteiger partial charge in [0, 0.05) is 29.3 Å². The maximum Gasteiger partial charge on any atom is 0.414 e. The first kappa shape index (κ1) is 33.2. The lowest BCUT2D eigenvalue weighted by Crippen LogP contribution is -2.48. The number of benzene rings is 3. The molecule has 1 N–H and O–H groups in total. The van der Waals surface area contributed by atoms with Gasteiger partial charge in [0.25, 0.3) is 5.91 Å². The number of methoxy groups -OCH3 is 1. The summed E-state index contributed by atoms with van der Waals surface area (Å²) in [5.41, 5.74) is 2.57. The highest BCUT2D eigenvalue weighted by Gasteiger charge is 2.67. The number of hydrogen-bond donors (Lipinski definition) is 1. The third-order valence-corrected chi connectivity index (χ3v) is 13.2. The van der Waals surface area contributed by atoms with Crippen molar-refractivity contribution in [2.45, 2.75) is 69.2 Å². The summed E-state index contributed by atoms with van der Waals surface area (Å²) in [6, 6.07) is 20.3. The smallest absolute Gasteiger partial charge is 0.414 e. The quantitative estimate of drug-likeness (QED) is 0.253. The lowest BCUT2D eigenvalue weighted by molar-refractivity contribution is -0.151. The predicted molar refractivity (Wildman–Crippen MR) is 184 cm³/mol. The van der Waals surface area contributed by atoms with Crippen molar-refractivity contribution in [1.82, 2.24) is 4.90 Å². The molecule has 2 fully saturated rings. The minimum atomic E-state index is -3.54. The Morgan fingerprint density at radius 2 is 1.86 bits per heavy atom. The fraction of sp³-hybridized carbons (Fsp3) is 0.432. The summed E-state index contributed by atoms with van der Waals surface area (Å²) in [5.74, 6) is -0.630. The molecular weight excluding hydrogens is 646 g/mol. The van der Waals surface area contributed by atoms with Crippen LogP contribution in [0.25, 0.3) is 0 Å². The van der Waals surface area contributed by atoms with Crippen LogP contribution in [0.15, 0.2) is 66.7 Å². The molecule has 7 rings (SSSR count). The van der Waals surface area contributed by atoms with Crippen LogP contribution in [-0.4, -0.2) is 75.3 Å². The van der Waals surface area contributed by atoms with Crippen LogP contribution in [0.5, 0.6) is 5.75 Å². The first-order valence-electron chi connectivity index (χ1n) is 16.8. The lowest BCUT2D eigenvalue weighted by Gasteiger charge is -2.37. The summed E-state index contributed by atoms with van der Waals surface area (Å²) in [7, 11) is -1.99. The molecule has 3 amide bonds. The minimum Gasteiger partial charge on any atom is -0.497 e. The molecule has 3 aromatic carbocycles. The van der Waals surface area contributed by atoms with E-state index in [-0.39, 0.29) is 31.4 Å². The molecule has 4 aliphatic heterocycles. The zero-order chi connectivity index (χ0) is 34.7. The van der Waals surface area contributed by atoms with Gasteiger partial charge < -0.3 is 33.2 Å². The van der Waals surface area contributed by atoms with Crippen LogP contribution in [0.1, 0.15) is 35.6 Å². The van der Waals surface area contributed by atoms with E-state index < -0.39 is 43.7 Å². The summed E-state index contributed by atoms with van der Waals surface area (Å²) in [6.07, 6.45) is -0.866. The number of carbonyl (C=O) groups excluding carboxylic acids is 3. The van der Waals surface area contributed by atoms with Gasteiger partial charge in [-0.25, -0.2) is 4.79 Å². The van der Waals surface area contributed by atoms with Crippen LogP contribution in [0.2, 0.25) is 18.6 Å². The van der Waals surface area contributed by atoms with E-state index >= 15 is 4.11 Å². The highest BCUT2D eigenvalue weighted by atomic mass is 28.4. The number of nitrogens with zero attached hydrogens (tertiary/aromatic N) is 3. The number of fused-ring (bicyclic) bond motifs is 3. The number of amides is 3. The predicted octanol–water partition coefficient (Wildman–Crippen LogP) is 5.31. The number of cyclic esters (lactones) is 1. The molecule has 0 aromatic heterocycles. The molecule has 0 bridgehead atoms. The van der Waals surface area contributed by atoms with Crippen molar-refractivity contribution in [3.05, 3.63) is 89.0 Å². The van der Waals surface area contributed by atoms with Gasteiger partial charge in [-0.2, -0.15) is 0 Å². The van der Waals surface area contributed by atoms with E-state index in [1.165, 1.54) is 0 Å². The molecule has 0 saturated carbocycles. The second-order valence-corrected chi connectivity index (χ2v) is 17.8. The van der Waals surface area contributed by atoms with E-state index in [0.29, 0.717) is 48.8 Å². The second-order valence-electron chi connectivity index (χ2n) is 14.0. The van der Waals surface area contributed by atoms with Gasteiger partial charge in [0.1, 0.15) is 12.4 Å². The van der Waals surface area contributed by atoms with Crippen molar-refractivity contribution in [2.24, 2.45) is 5.92 Å². The molecule has 10 nitrogen and oxygen atoms in total. The number of aliphatic hydroxyl groups is 1. The topological polar surface area (TPSA) is 109 Å². The first-order chi connectivity index (χ1) is 23.5. The summed E-state index contributed by atoms with van der Waals surface area (Å²) in [5, 5.41) is 10.3. The molecule has 3 aromatic rings. The SMILES string of the molecule is COc1ccc2c(c1)[C@]1(O[C@@H](CC(=O)N3Cc4ccccc4C[C@H]3CO)[C@H]([Si](C)(C)F)[C@H]1C)C(=O)N2Cc1cccc(N2CCOC2=O)c1. The maximum atomic E-state index is 16.5. The third kappa shape index (κ3) is 5.59. The number of anilines is 2. The third-order valence-electron chi connectivity index (χ3n) is 10.8. The molecule has 49 heavy (non-hydrogen) atoms. The average Bonchev–Trinajstić information content (AvgIpc) is 3.72. The molecule has 1 spiro atoms. The summed E-state index contributed by atoms with van der Waals surface area (Å²) >= 11 is 0. The van der Waals surface area contributed by atoms with E-state index in [1.54, 1.807) is 47.0 Å². The maximum absolute atomic E-state index is 16.5. The van der Waals surface area contributed by atoms with Crippen LogP contribution in [0.3, 0.4) is 0 Å². The number of halogens is 1. The molecule has 0 unspecified atom stereocenters. The van der Waals surface area contributed by atoms with Gasteiger partial charge in [-0.3, -0.25) is 14.5 Å². The van der Waals surface area contributed by atoms with Crippen molar-refractivity contribution >= 4 is 37.7 Å². The Morgan fingerprint density at radius 3 is 2.55 bits per heavy atom. The molecule has 4 heterocycles. The fourth-order valence-corrected chi connectivity index (χ4v) is 11.0. The van der Waals surface area contributed by atoms with Crippen molar-refractivity contribution in [2.75, 3.05) is 36.7 Å². The highest BCUT2D eigenvalue weighted by Crippen LogP contribution is 2.61. The van der Waals surface area contributed by atoms with Gasteiger partial charge in [-0.1, -0.05) is 43.3 Å². The van der Waals surface area contributed by atoms with Crippen molar-refractivity contribution in [1.29, 1.82) is 0 Å². The molecular formula is C37H42FN3O7Si. The highest BCUT2D eigenvalue weighted by molar-refractivity contribution is 6.72. The number of carbonyl (C=O) groups is 3. The number of rotatable bonds is 8. The monoisotopic (exact) mass is 687 g/mol. The van der Waals surface area contributed by atoms with E-state index in [0.717, 1.165) is 16.7 Å². The molecule has 258 valence electrons. The number of ether oxygens (including phenoxy) is 3. The van der Waals surface area contributed by atoms with Crippen molar-refractivity contribution in [3.8, 4) is 5.75 Å². The number of hydrogen-bond acceptors (Lipinski definition) is 7. The minimum absolute atomic E-state index is 0.115. The van der Waals surface area contributed by atoms with Crippen molar-refractivity contribution in [3.63, 3.8) is 0 Å². The van der Waals surface area contributed by atoms with Crippen molar-refractivity contribution < 1.29 is 37.8 Å². The standard InChI is InChI=1S/C37H42FN3O7Si/c1-23-34(49(3,4)38)32(19-33(43)40-21-26-10-6-5-9-25(26)17-28(40)22-42)48-37(23)30-18-29(46-2)12-13-31(30)41(35(37)44)20-24-8-7-11-27(16-24)39-14-15-47-36(39)45/h5-13,16,18,23,28,32,34,42H,14-15,17,19-22H2,1-4H3/t23-,28+,32+,34-,37+/m1/s1. The van der Waals surface area contributed by atoms with Gasteiger partial charge in [0.05, 0.1) is 51.1 Å². The largest absolute Gasteiger partial charge is 0.497 e. The van der Waals surface area contributed by atoms with Crippen LogP contribution < -0.4 is 14.5 Å². The van der Waals surface area contributed by atoms with E-state index in [4.69, 9.17) is 14.2 Å². The Morgan fingerprint density at radius 1 is 1.08 bits per heavy atom. The van der Waals surface area contributed by atoms with Gasteiger partial charge in [-0.15, -0.1) is 0 Å². The Hall–Kier alpha value is -4.26. The van der Waals surface area contributed by atoms with E-state index in [1.807, 2.05) is 61.5 Å². The Bertz CT molecular complexity index is 1800. The van der Waals surface area contributed by atoms with Crippen LogP contribution >= 0.6 is 0 Å². The zero-order valence-corrected chi connectivity index (χ0v) is 29.2. The molecule has 12 heteroatoms. The molecule has 5 atom stereocenters. The average molecular weight is 688 g/mol. The van der Waals surface area contributed by atoms with E-state index in [9.17, 15) is 19.5 Å². The molecule has 0 aliphatic carbocycles. The molecule has 4 aliphatic rings. The van der Waals surface area contributed by atoms with Crippen LogP contribution in [-0.2, 0) is 44.2 Å². The van der Waals surface area contributed by atoms with Crippen LogP contribution in [0.4, 0.5) is 20.3 Å². The number of aliphatic hydroxyl groups excluding tert-OH is 1. The molecule has 0 radical (unpaired) electrons. The lowest BCUT2D eigenvalue weighted by atomic mass is 9.82. The van der Waals surface area contributed by atoms with Gasteiger partial charge in [-0.05, 0) is 66.5 Å². The molecule has 2 saturated heterocycles. The zero-order valence-electron chi connectivity index (χ0n) is 28.2. The van der Waals surface area contributed by atoms with Gasteiger partial charge in [0.15, 0.2) is 5.60 Å². The van der Waals surface area contributed by atoms with E-state index in [2.05, 4.69) is 0 Å². The summed E-state index contributed by atoms with van der Waals surface area (Å²) in [6.45, 7) is 6.17. The normalized spacial score (nSPS) is 26.3. The Kier molecular flexibility index (Phi) is 8.52.